The summed E-state index contributed by atoms with van der Waals surface area (Å²) in [5.41, 5.74) is 0. The molecule has 0 unspecified atom stereocenters. The monoisotopic (exact) mass is 290 g/mol. The van der Waals surface area contributed by atoms with Gasteiger partial charge in [0, 0.05) is 28.1 Å². The van der Waals surface area contributed by atoms with Gasteiger partial charge >= 0.3 is 11.9 Å². The number of esters is 2. The molecule has 0 aromatic rings. The molecule has 0 aromatic carbocycles. The smallest absolute Gasteiger partial charge is 0.377 e. The summed E-state index contributed by atoms with van der Waals surface area (Å²) in [5, 5.41) is 0. The Balaban J connectivity index is 3.39. The number of hydrogen-bond acceptors (Lipinski definition) is 8. The van der Waals surface area contributed by atoms with Crippen molar-refractivity contribution in [2.24, 2.45) is 0 Å². The van der Waals surface area contributed by atoms with Crippen molar-refractivity contribution in [1.82, 2.24) is 0 Å². The van der Waals surface area contributed by atoms with Crippen LogP contribution in [-0.4, -0.2) is 52.0 Å². The van der Waals surface area contributed by atoms with Crippen LogP contribution in [0.3, 0.4) is 0 Å². The van der Waals surface area contributed by atoms with Crippen molar-refractivity contribution >= 4 is 11.9 Å². The van der Waals surface area contributed by atoms with Crippen molar-refractivity contribution in [2.45, 2.75) is 25.4 Å². The standard InChI is InChI=1S/C12H18O8/c1-11(17-5)12(2,18-6)20-8(10(14)16-4)7(19-11)9(13)15-3/h1-6H3/t11-,12-/m1/s1. The summed E-state index contributed by atoms with van der Waals surface area (Å²) in [5.74, 6) is -5.62. The molecule has 2 atom stereocenters. The second kappa shape index (κ2) is 5.68. The van der Waals surface area contributed by atoms with Crippen molar-refractivity contribution in [3.63, 3.8) is 0 Å². The highest BCUT2D eigenvalue weighted by atomic mass is 16.8. The van der Waals surface area contributed by atoms with Gasteiger partial charge in [-0.25, -0.2) is 9.59 Å². The molecule has 0 aliphatic carbocycles. The van der Waals surface area contributed by atoms with Gasteiger partial charge in [0.05, 0.1) is 14.2 Å². The molecule has 0 saturated carbocycles. The van der Waals surface area contributed by atoms with Crippen molar-refractivity contribution in [3.05, 3.63) is 11.5 Å². The second-order valence-corrected chi connectivity index (χ2v) is 4.15. The number of rotatable bonds is 4. The molecule has 0 saturated heterocycles. The van der Waals surface area contributed by atoms with Crippen LogP contribution in [0, 0.1) is 0 Å². The van der Waals surface area contributed by atoms with Gasteiger partial charge in [-0.15, -0.1) is 0 Å². The van der Waals surface area contributed by atoms with Crippen molar-refractivity contribution < 1.29 is 38.0 Å². The predicted molar refractivity (Wildman–Crippen MR) is 64.1 cm³/mol. The van der Waals surface area contributed by atoms with Gasteiger partial charge in [0.2, 0.25) is 0 Å². The van der Waals surface area contributed by atoms with E-state index >= 15 is 0 Å². The van der Waals surface area contributed by atoms with Gasteiger partial charge in [-0.1, -0.05) is 0 Å². The van der Waals surface area contributed by atoms with E-state index in [0.717, 1.165) is 14.2 Å². The fraction of sp³-hybridized carbons (Fsp3) is 0.667. The van der Waals surface area contributed by atoms with Crippen LogP contribution >= 0.6 is 0 Å². The summed E-state index contributed by atoms with van der Waals surface area (Å²) in [4.78, 5) is 23.4. The summed E-state index contributed by atoms with van der Waals surface area (Å²) in [7, 11) is 4.97. The molecule has 1 heterocycles. The molecule has 0 aromatic heterocycles. The number of carbonyl (C=O) groups is 2. The van der Waals surface area contributed by atoms with Crippen molar-refractivity contribution in [1.29, 1.82) is 0 Å². The Kier molecular flexibility index (Phi) is 4.61. The van der Waals surface area contributed by atoms with Gasteiger partial charge < -0.3 is 28.4 Å². The maximum absolute atomic E-state index is 11.7. The van der Waals surface area contributed by atoms with Gasteiger partial charge in [0.15, 0.2) is 0 Å². The van der Waals surface area contributed by atoms with Crippen LogP contribution in [0.4, 0.5) is 0 Å². The van der Waals surface area contributed by atoms with Crippen LogP contribution in [0.2, 0.25) is 0 Å². The van der Waals surface area contributed by atoms with Crippen LogP contribution in [-0.2, 0) is 38.0 Å². The van der Waals surface area contributed by atoms with E-state index in [1.807, 2.05) is 0 Å². The number of hydrogen-bond donors (Lipinski definition) is 0. The topological polar surface area (TPSA) is 89.5 Å². The molecule has 0 radical (unpaired) electrons. The SMILES string of the molecule is COC(=O)C1=C(C(=O)OC)O[C@@](C)(OC)[C@](C)(OC)O1. The first-order valence-electron chi connectivity index (χ1n) is 5.67. The molecule has 0 fully saturated rings. The van der Waals surface area contributed by atoms with Crippen LogP contribution in [0.5, 0.6) is 0 Å². The van der Waals surface area contributed by atoms with E-state index in [9.17, 15) is 9.59 Å². The van der Waals surface area contributed by atoms with E-state index in [4.69, 9.17) is 18.9 Å². The lowest BCUT2D eigenvalue weighted by Gasteiger charge is -2.46. The Labute approximate surface area is 116 Å². The number of carbonyl (C=O) groups excluding carboxylic acids is 2. The zero-order valence-electron chi connectivity index (χ0n) is 12.3. The third-order valence-corrected chi connectivity index (χ3v) is 3.15. The Morgan fingerprint density at radius 2 is 1.10 bits per heavy atom. The lowest BCUT2D eigenvalue weighted by atomic mass is 10.1. The molecule has 8 heteroatoms. The van der Waals surface area contributed by atoms with Crippen LogP contribution < -0.4 is 0 Å². The maximum atomic E-state index is 11.7. The molecule has 0 N–H and O–H groups in total. The number of ether oxygens (including phenoxy) is 6. The molecular formula is C12H18O8. The minimum Gasteiger partial charge on any atom is -0.463 e. The number of methoxy groups -OCH3 is 4. The van der Waals surface area contributed by atoms with E-state index in [1.54, 1.807) is 0 Å². The van der Waals surface area contributed by atoms with Crippen LogP contribution in [0.15, 0.2) is 11.5 Å². The van der Waals surface area contributed by atoms with Gasteiger partial charge in [0.1, 0.15) is 0 Å². The predicted octanol–water partition coefficient (Wildman–Crippen LogP) is 0.316. The highest BCUT2D eigenvalue weighted by molar-refractivity contribution is 5.97. The third kappa shape index (κ3) is 2.44. The molecule has 20 heavy (non-hydrogen) atoms. The van der Waals surface area contributed by atoms with Gasteiger partial charge in [0.25, 0.3) is 23.1 Å². The summed E-state index contributed by atoms with van der Waals surface area (Å²) in [6.45, 7) is 2.99. The first-order valence-corrected chi connectivity index (χ1v) is 5.67. The van der Waals surface area contributed by atoms with Crippen LogP contribution in [0.25, 0.3) is 0 Å². The lowest BCUT2D eigenvalue weighted by Crippen LogP contribution is -2.59. The largest absolute Gasteiger partial charge is 0.463 e. The van der Waals surface area contributed by atoms with Crippen molar-refractivity contribution in [2.75, 3.05) is 28.4 Å². The summed E-state index contributed by atoms with van der Waals surface area (Å²) < 4.78 is 30.4. The fourth-order valence-corrected chi connectivity index (χ4v) is 1.58. The Morgan fingerprint density at radius 3 is 1.30 bits per heavy atom. The average Bonchev–Trinajstić information content (AvgIpc) is 2.47. The molecule has 1 aliphatic heterocycles. The van der Waals surface area contributed by atoms with E-state index in [0.29, 0.717) is 0 Å². The quantitative estimate of drug-likeness (QED) is 0.684. The summed E-state index contributed by atoms with van der Waals surface area (Å²) in [6, 6.07) is 0. The lowest BCUT2D eigenvalue weighted by molar-refractivity contribution is -0.380. The van der Waals surface area contributed by atoms with Crippen molar-refractivity contribution in [3.8, 4) is 0 Å². The van der Waals surface area contributed by atoms with E-state index in [-0.39, 0.29) is 0 Å². The van der Waals surface area contributed by atoms with Gasteiger partial charge in [-0.2, -0.15) is 0 Å². The summed E-state index contributed by atoms with van der Waals surface area (Å²) >= 11 is 0. The zero-order chi connectivity index (χ0) is 15.6. The highest BCUT2D eigenvalue weighted by Gasteiger charge is 2.57. The molecule has 8 nitrogen and oxygen atoms in total. The average molecular weight is 290 g/mol. The highest BCUT2D eigenvalue weighted by Crippen LogP contribution is 2.40. The first-order chi connectivity index (χ1) is 9.28. The zero-order valence-corrected chi connectivity index (χ0v) is 12.3. The molecule has 0 bridgehead atoms. The third-order valence-electron chi connectivity index (χ3n) is 3.15. The molecule has 0 amide bonds. The minimum absolute atomic E-state index is 0.446. The van der Waals surface area contributed by atoms with Crippen LogP contribution in [0.1, 0.15) is 13.8 Å². The molecule has 0 spiro atoms. The van der Waals surface area contributed by atoms with Gasteiger partial charge in [-0.05, 0) is 0 Å². The minimum atomic E-state index is -1.47. The first kappa shape index (κ1) is 16.3. The van der Waals surface area contributed by atoms with E-state index < -0.39 is 35.0 Å². The molecule has 114 valence electrons. The Hall–Kier alpha value is -1.80. The molecular weight excluding hydrogens is 272 g/mol. The normalized spacial score (nSPS) is 29.3. The summed E-state index contributed by atoms with van der Waals surface area (Å²) in [6.07, 6.45) is 0. The van der Waals surface area contributed by atoms with Gasteiger partial charge in [-0.3, -0.25) is 0 Å². The Bertz CT molecular complexity index is 403. The second-order valence-electron chi connectivity index (χ2n) is 4.15. The molecule has 1 rings (SSSR count). The Morgan fingerprint density at radius 1 is 0.800 bits per heavy atom. The van der Waals surface area contributed by atoms with E-state index in [2.05, 4.69) is 9.47 Å². The maximum Gasteiger partial charge on any atom is 0.377 e. The molecule has 1 aliphatic rings. The fourth-order valence-electron chi connectivity index (χ4n) is 1.58. The van der Waals surface area contributed by atoms with E-state index in [1.165, 1.54) is 28.1 Å².